The van der Waals surface area contributed by atoms with Crippen molar-refractivity contribution >= 4 is 22.8 Å². The maximum Gasteiger partial charge on any atom is 0.164 e. The van der Waals surface area contributed by atoms with E-state index < -0.39 is 0 Å². The summed E-state index contributed by atoms with van der Waals surface area (Å²) in [4.78, 5) is 8.71. The second-order valence-electron chi connectivity index (χ2n) is 4.22. The van der Waals surface area contributed by atoms with Crippen molar-refractivity contribution in [3.63, 3.8) is 0 Å². The largest absolute Gasteiger partial charge is 0.276 e. The van der Waals surface area contributed by atoms with Crippen molar-refractivity contribution in [2.45, 2.75) is 12.3 Å². The van der Waals surface area contributed by atoms with Gasteiger partial charge in [0.25, 0.3) is 0 Å². The fourth-order valence-corrected chi connectivity index (χ4v) is 2.21. The average Bonchev–Trinajstić information content (AvgIpc) is 2.79. The predicted octanol–water partition coefficient (Wildman–Crippen LogP) is 3.86. The summed E-state index contributed by atoms with van der Waals surface area (Å²) in [5.41, 5.74) is 1.72. The minimum absolute atomic E-state index is 0.328. The van der Waals surface area contributed by atoms with Crippen molar-refractivity contribution in [1.82, 2.24) is 14.5 Å². The summed E-state index contributed by atoms with van der Waals surface area (Å²) in [5, 5.41) is -0.339. The Morgan fingerprint density at radius 3 is 2.74 bits per heavy atom. The van der Waals surface area contributed by atoms with Crippen LogP contribution in [0.4, 0.5) is 4.39 Å². The molecular weight excluding hydrogens is 265 g/mol. The number of nitrogens with zero attached hydrogens (tertiary/aromatic N) is 3. The van der Waals surface area contributed by atoms with Gasteiger partial charge in [-0.15, -0.1) is 11.6 Å². The van der Waals surface area contributed by atoms with Crippen molar-refractivity contribution in [1.29, 1.82) is 0 Å². The van der Waals surface area contributed by atoms with E-state index in [9.17, 15) is 4.39 Å². The lowest BCUT2D eigenvalue weighted by Crippen LogP contribution is -2.04. The first-order valence-electron chi connectivity index (χ1n) is 5.91. The van der Waals surface area contributed by atoms with E-state index in [2.05, 4.69) is 9.97 Å². The monoisotopic (exact) mass is 275 g/mol. The number of hydrogen-bond donors (Lipinski definition) is 0. The van der Waals surface area contributed by atoms with Crippen LogP contribution in [-0.4, -0.2) is 14.5 Å². The van der Waals surface area contributed by atoms with Crippen molar-refractivity contribution in [3.8, 4) is 5.69 Å². The number of hydrogen-bond acceptors (Lipinski definition) is 2. The summed E-state index contributed by atoms with van der Waals surface area (Å²) in [6.45, 7) is 1.81. The Hall–Kier alpha value is -1.94. The van der Waals surface area contributed by atoms with Gasteiger partial charge in [-0.3, -0.25) is 4.57 Å². The minimum Gasteiger partial charge on any atom is -0.276 e. The molecule has 1 atom stereocenters. The van der Waals surface area contributed by atoms with Gasteiger partial charge in [-0.2, -0.15) is 0 Å². The third-order valence-electron chi connectivity index (χ3n) is 2.89. The fraction of sp³-hybridized carbons (Fsp3) is 0.143. The van der Waals surface area contributed by atoms with Gasteiger partial charge in [-0.1, -0.05) is 12.1 Å². The molecule has 3 aromatic rings. The highest BCUT2D eigenvalue weighted by atomic mass is 35.5. The lowest BCUT2D eigenvalue weighted by atomic mass is 10.3. The zero-order valence-electron chi connectivity index (χ0n) is 10.2. The van der Waals surface area contributed by atoms with Gasteiger partial charge >= 0.3 is 0 Å². The van der Waals surface area contributed by atoms with Crippen LogP contribution in [0.15, 0.2) is 42.6 Å². The Kier molecular flexibility index (Phi) is 2.95. The van der Waals surface area contributed by atoms with Crippen LogP contribution in [0.25, 0.3) is 16.9 Å². The van der Waals surface area contributed by atoms with E-state index in [1.165, 1.54) is 6.07 Å². The molecule has 0 aliphatic carbocycles. The maximum absolute atomic E-state index is 14.0. The van der Waals surface area contributed by atoms with E-state index in [0.717, 1.165) is 0 Å². The first-order valence-corrected chi connectivity index (χ1v) is 6.34. The van der Waals surface area contributed by atoms with Crippen LogP contribution in [0.1, 0.15) is 18.1 Å². The van der Waals surface area contributed by atoms with Gasteiger partial charge in [-0.25, -0.2) is 14.4 Å². The Balaban J connectivity index is 2.38. The van der Waals surface area contributed by atoms with Crippen molar-refractivity contribution < 1.29 is 4.39 Å². The second kappa shape index (κ2) is 4.63. The molecule has 0 saturated heterocycles. The smallest absolute Gasteiger partial charge is 0.164 e. The van der Waals surface area contributed by atoms with Gasteiger partial charge in [0.2, 0.25) is 0 Å². The lowest BCUT2D eigenvalue weighted by molar-refractivity contribution is 0.616. The molecule has 3 nitrogen and oxygen atoms in total. The SMILES string of the molecule is CC(Cl)c1nc2cccnc2n1-c1ccccc1F. The van der Waals surface area contributed by atoms with Crippen molar-refractivity contribution in [2.24, 2.45) is 0 Å². The summed E-state index contributed by atoms with van der Waals surface area (Å²) in [6, 6.07) is 10.2. The van der Waals surface area contributed by atoms with Crippen LogP contribution in [0.2, 0.25) is 0 Å². The van der Waals surface area contributed by atoms with E-state index in [4.69, 9.17) is 11.6 Å². The van der Waals surface area contributed by atoms with E-state index >= 15 is 0 Å². The minimum atomic E-state index is -0.339. The molecule has 2 aromatic heterocycles. The van der Waals surface area contributed by atoms with Crippen molar-refractivity contribution in [3.05, 3.63) is 54.2 Å². The molecule has 3 rings (SSSR count). The quantitative estimate of drug-likeness (QED) is 0.665. The summed E-state index contributed by atoms with van der Waals surface area (Å²) in [6.07, 6.45) is 1.66. The Labute approximate surface area is 114 Å². The van der Waals surface area contributed by atoms with Crippen LogP contribution < -0.4 is 0 Å². The zero-order valence-corrected chi connectivity index (χ0v) is 11.0. The molecule has 0 aliphatic heterocycles. The van der Waals surface area contributed by atoms with Crippen LogP contribution in [0.3, 0.4) is 0 Å². The number of aromatic nitrogens is 3. The number of halogens is 2. The molecular formula is C14H11ClFN3. The molecule has 0 spiro atoms. The molecule has 0 radical (unpaired) electrons. The van der Waals surface area contributed by atoms with Gasteiger partial charge in [0.05, 0.1) is 11.1 Å². The van der Waals surface area contributed by atoms with Crippen LogP contribution in [0.5, 0.6) is 0 Å². The van der Waals surface area contributed by atoms with Gasteiger partial charge < -0.3 is 0 Å². The maximum atomic E-state index is 14.0. The van der Waals surface area contributed by atoms with E-state index in [0.29, 0.717) is 22.7 Å². The zero-order chi connectivity index (χ0) is 13.4. The molecule has 2 heterocycles. The fourth-order valence-electron chi connectivity index (χ4n) is 2.07. The molecule has 0 saturated carbocycles. The Morgan fingerprint density at radius 2 is 2.00 bits per heavy atom. The number of fused-ring (bicyclic) bond motifs is 1. The predicted molar refractivity (Wildman–Crippen MR) is 73.1 cm³/mol. The summed E-state index contributed by atoms with van der Waals surface area (Å²) >= 11 is 6.15. The normalized spacial score (nSPS) is 12.8. The van der Waals surface area contributed by atoms with Gasteiger partial charge in [-0.05, 0) is 31.2 Å². The molecule has 0 bridgehead atoms. The Morgan fingerprint density at radius 1 is 1.21 bits per heavy atom. The van der Waals surface area contributed by atoms with Crippen molar-refractivity contribution in [2.75, 3.05) is 0 Å². The molecule has 19 heavy (non-hydrogen) atoms. The van der Waals surface area contributed by atoms with Gasteiger partial charge in [0.1, 0.15) is 17.2 Å². The Bertz CT molecular complexity index is 736. The third kappa shape index (κ3) is 1.98. The molecule has 0 N–H and O–H groups in total. The number of pyridine rings is 1. The third-order valence-corrected chi connectivity index (χ3v) is 3.09. The average molecular weight is 276 g/mol. The number of para-hydroxylation sites is 1. The summed E-state index contributed by atoms with van der Waals surface area (Å²) < 4.78 is 15.7. The van der Waals surface area contributed by atoms with Crippen LogP contribution in [-0.2, 0) is 0 Å². The molecule has 5 heteroatoms. The first kappa shape index (κ1) is 12.1. The summed E-state index contributed by atoms with van der Waals surface area (Å²) in [5.74, 6) is 0.256. The number of imidazole rings is 1. The second-order valence-corrected chi connectivity index (χ2v) is 4.87. The topological polar surface area (TPSA) is 30.7 Å². The molecule has 1 unspecified atom stereocenters. The highest BCUT2D eigenvalue weighted by molar-refractivity contribution is 6.20. The van der Waals surface area contributed by atoms with Gasteiger partial charge in [0.15, 0.2) is 5.65 Å². The van der Waals surface area contributed by atoms with Crippen LogP contribution in [0, 0.1) is 5.82 Å². The van der Waals surface area contributed by atoms with Gasteiger partial charge in [0, 0.05) is 6.20 Å². The standard InChI is InChI=1S/C14H11ClFN3/c1-9(15)13-18-11-6-4-8-17-14(11)19(13)12-7-3-2-5-10(12)16/h2-9H,1H3. The number of rotatable bonds is 2. The molecule has 0 fully saturated rings. The van der Waals surface area contributed by atoms with E-state index in [1.54, 1.807) is 42.0 Å². The summed E-state index contributed by atoms with van der Waals surface area (Å²) in [7, 11) is 0. The number of benzene rings is 1. The first-order chi connectivity index (χ1) is 9.18. The number of alkyl halides is 1. The molecule has 0 aliphatic rings. The molecule has 96 valence electrons. The van der Waals surface area contributed by atoms with E-state index in [1.807, 2.05) is 6.07 Å². The van der Waals surface area contributed by atoms with E-state index in [-0.39, 0.29) is 11.2 Å². The highest BCUT2D eigenvalue weighted by Gasteiger charge is 2.18. The molecule has 0 amide bonds. The lowest BCUT2D eigenvalue weighted by Gasteiger charge is -2.10. The highest BCUT2D eigenvalue weighted by Crippen LogP contribution is 2.27. The van der Waals surface area contributed by atoms with Crippen LogP contribution >= 0.6 is 11.6 Å². The molecule has 1 aromatic carbocycles.